The summed E-state index contributed by atoms with van der Waals surface area (Å²) in [5.41, 5.74) is 2.49. The average Bonchev–Trinajstić information content (AvgIpc) is 2.94. The molecule has 0 aliphatic heterocycles. The minimum atomic E-state index is 0.0832. The smallest absolute Gasteiger partial charge is 0.267 e. The maximum atomic E-state index is 5.55. The molecule has 2 heterocycles. The SMILES string of the molecule is CCCNC(C)c1nnc(-c2cscn2)o1. The third-order valence-corrected chi connectivity index (χ3v) is 2.75. The maximum absolute atomic E-state index is 5.55. The molecule has 5 nitrogen and oxygen atoms in total. The lowest BCUT2D eigenvalue weighted by atomic mass is 10.3. The number of hydrogen-bond donors (Lipinski definition) is 1. The fourth-order valence-electron chi connectivity index (χ4n) is 1.28. The molecule has 0 aliphatic rings. The van der Waals surface area contributed by atoms with Gasteiger partial charge in [-0.3, -0.25) is 0 Å². The summed E-state index contributed by atoms with van der Waals surface area (Å²) in [4.78, 5) is 4.12. The van der Waals surface area contributed by atoms with E-state index in [0.29, 0.717) is 11.8 Å². The maximum Gasteiger partial charge on any atom is 0.267 e. The Morgan fingerprint density at radius 2 is 2.38 bits per heavy atom. The minimum Gasteiger partial charge on any atom is -0.418 e. The fraction of sp³-hybridized carbons (Fsp3) is 0.500. The molecule has 0 saturated carbocycles. The quantitative estimate of drug-likeness (QED) is 0.865. The van der Waals surface area contributed by atoms with Gasteiger partial charge in [0.15, 0.2) is 0 Å². The average molecular weight is 238 g/mol. The van der Waals surface area contributed by atoms with Gasteiger partial charge in [0.2, 0.25) is 5.89 Å². The fourth-order valence-corrected chi connectivity index (χ4v) is 1.81. The predicted octanol–water partition coefficient (Wildman–Crippen LogP) is 2.25. The van der Waals surface area contributed by atoms with Gasteiger partial charge in [-0.05, 0) is 19.9 Å². The van der Waals surface area contributed by atoms with Crippen LogP contribution in [0.3, 0.4) is 0 Å². The predicted molar refractivity (Wildman–Crippen MR) is 62.1 cm³/mol. The van der Waals surface area contributed by atoms with Gasteiger partial charge in [0, 0.05) is 5.38 Å². The van der Waals surface area contributed by atoms with Crippen LogP contribution in [0.1, 0.15) is 32.2 Å². The van der Waals surface area contributed by atoms with Crippen molar-refractivity contribution in [3.63, 3.8) is 0 Å². The summed E-state index contributed by atoms with van der Waals surface area (Å²) >= 11 is 1.51. The molecular formula is C10H14N4OS. The van der Waals surface area contributed by atoms with Crippen molar-refractivity contribution in [3.8, 4) is 11.6 Å². The molecule has 2 rings (SSSR count). The van der Waals surface area contributed by atoms with Crippen LogP contribution in [0.25, 0.3) is 11.6 Å². The van der Waals surface area contributed by atoms with Crippen LogP contribution in [-0.2, 0) is 0 Å². The number of hydrogen-bond acceptors (Lipinski definition) is 6. The summed E-state index contributed by atoms with van der Waals surface area (Å²) in [6.07, 6.45) is 1.08. The summed E-state index contributed by atoms with van der Waals surface area (Å²) in [7, 11) is 0. The third kappa shape index (κ3) is 2.45. The molecule has 1 unspecified atom stereocenters. The van der Waals surface area contributed by atoms with Crippen LogP contribution in [0.2, 0.25) is 0 Å². The summed E-state index contributed by atoms with van der Waals surface area (Å²) in [6, 6.07) is 0.0832. The highest BCUT2D eigenvalue weighted by Crippen LogP contribution is 2.19. The monoisotopic (exact) mass is 238 g/mol. The topological polar surface area (TPSA) is 63.8 Å². The van der Waals surface area contributed by atoms with E-state index in [1.807, 2.05) is 12.3 Å². The zero-order chi connectivity index (χ0) is 11.4. The van der Waals surface area contributed by atoms with E-state index in [1.54, 1.807) is 5.51 Å². The second-order valence-corrected chi connectivity index (χ2v) is 4.21. The van der Waals surface area contributed by atoms with E-state index >= 15 is 0 Å². The molecule has 1 N–H and O–H groups in total. The second-order valence-electron chi connectivity index (χ2n) is 3.49. The molecule has 0 radical (unpaired) electrons. The molecule has 0 aromatic carbocycles. The summed E-state index contributed by atoms with van der Waals surface area (Å²) in [6.45, 7) is 5.07. The highest BCUT2D eigenvalue weighted by atomic mass is 32.1. The molecule has 0 fully saturated rings. The van der Waals surface area contributed by atoms with Crippen molar-refractivity contribution >= 4 is 11.3 Å². The Balaban J connectivity index is 2.07. The van der Waals surface area contributed by atoms with Crippen molar-refractivity contribution in [2.24, 2.45) is 0 Å². The van der Waals surface area contributed by atoms with Gasteiger partial charge >= 0.3 is 0 Å². The van der Waals surface area contributed by atoms with E-state index in [-0.39, 0.29) is 6.04 Å². The Bertz CT molecular complexity index is 426. The van der Waals surface area contributed by atoms with Crippen LogP contribution in [0.5, 0.6) is 0 Å². The van der Waals surface area contributed by atoms with Gasteiger partial charge < -0.3 is 9.73 Å². The molecule has 0 aliphatic carbocycles. The van der Waals surface area contributed by atoms with Crippen molar-refractivity contribution in [2.45, 2.75) is 26.3 Å². The second kappa shape index (κ2) is 5.18. The number of nitrogens with zero attached hydrogens (tertiary/aromatic N) is 3. The molecule has 16 heavy (non-hydrogen) atoms. The first-order valence-electron chi connectivity index (χ1n) is 5.26. The van der Waals surface area contributed by atoms with E-state index in [1.165, 1.54) is 11.3 Å². The number of aromatic nitrogens is 3. The molecular weight excluding hydrogens is 224 g/mol. The van der Waals surface area contributed by atoms with Crippen LogP contribution >= 0.6 is 11.3 Å². The standard InChI is InChI=1S/C10H14N4OS/c1-3-4-11-7(2)9-13-14-10(15-9)8-5-16-6-12-8/h5-7,11H,3-4H2,1-2H3. The van der Waals surface area contributed by atoms with E-state index in [0.717, 1.165) is 18.7 Å². The lowest BCUT2D eigenvalue weighted by Gasteiger charge is -2.07. The van der Waals surface area contributed by atoms with Crippen LogP contribution in [-0.4, -0.2) is 21.7 Å². The molecule has 0 saturated heterocycles. The number of rotatable bonds is 5. The Hall–Kier alpha value is -1.27. The van der Waals surface area contributed by atoms with Gasteiger partial charge in [-0.2, -0.15) is 0 Å². The van der Waals surface area contributed by atoms with Gasteiger partial charge in [-0.25, -0.2) is 4.98 Å². The molecule has 6 heteroatoms. The molecule has 2 aromatic rings. The Labute approximate surface area is 97.9 Å². The molecule has 0 amide bonds. The van der Waals surface area contributed by atoms with Gasteiger partial charge in [0.1, 0.15) is 5.69 Å². The number of nitrogens with one attached hydrogen (secondary N) is 1. The Kier molecular flexibility index (Phi) is 3.63. The van der Waals surface area contributed by atoms with Gasteiger partial charge in [-0.15, -0.1) is 21.5 Å². The Morgan fingerprint density at radius 3 is 3.06 bits per heavy atom. The van der Waals surface area contributed by atoms with E-state index in [9.17, 15) is 0 Å². The van der Waals surface area contributed by atoms with Gasteiger partial charge in [-0.1, -0.05) is 6.92 Å². The largest absolute Gasteiger partial charge is 0.418 e. The molecule has 0 bridgehead atoms. The van der Waals surface area contributed by atoms with Crippen molar-refractivity contribution in [2.75, 3.05) is 6.54 Å². The summed E-state index contributed by atoms with van der Waals surface area (Å²) in [5.74, 6) is 1.10. The van der Waals surface area contributed by atoms with Crippen LogP contribution < -0.4 is 5.32 Å². The first-order valence-corrected chi connectivity index (χ1v) is 6.21. The first kappa shape index (κ1) is 11.2. The highest BCUT2D eigenvalue weighted by molar-refractivity contribution is 7.07. The zero-order valence-electron chi connectivity index (χ0n) is 9.30. The van der Waals surface area contributed by atoms with Crippen molar-refractivity contribution in [1.82, 2.24) is 20.5 Å². The van der Waals surface area contributed by atoms with Crippen LogP contribution in [0, 0.1) is 0 Å². The normalized spacial score (nSPS) is 12.9. The lowest BCUT2D eigenvalue weighted by molar-refractivity contribution is 0.422. The minimum absolute atomic E-state index is 0.0832. The molecule has 86 valence electrons. The van der Waals surface area contributed by atoms with Crippen molar-refractivity contribution in [1.29, 1.82) is 0 Å². The van der Waals surface area contributed by atoms with Crippen molar-refractivity contribution in [3.05, 3.63) is 16.8 Å². The molecule has 2 aromatic heterocycles. The summed E-state index contributed by atoms with van der Waals surface area (Å²) < 4.78 is 5.55. The first-order chi connectivity index (χ1) is 7.81. The van der Waals surface area contributed by atoms with Gasteiger partial charge in [0.05, 0.1) is 11.6 Å². The zero-order valence-corrected chi connectivity index (χ0v) is 10.1. The van der Waals surface area contributed by atoms with Crippen LogP contribution in [0.4, 0.5) is 0 Å². The Morgan fingerprint density at radius 1 is 1.50 bits per heavy atom. The molecule has 0 spiro atoms. The highest BCUT2D eigenvalue weighted by Gasteiger charge is 2.14. The summed E-state index contributed by atoms with van der Waals surface area (Å²) in [5, 5.41) is 13.2. The number of thiazole rings is 1. The lowest BCUT2D eigenvalue weighted by Crippen LogP contribution is -2.19. The van der Waals surface area contributed by atoms with E-state index in [2.05, 4.69) is 27.4 Å². The van der Waals surface area contributed by atoms with E-state index in [4.69, 9.17) is 4.42 Å². The van der Waals surface area contributed by atoms with Crippen molar-refractivity contribution < 1.29 is 4.42 Å². The molecule has 1 atom stereocenters. The van der Waals surface area contributed by atoms with Gasteiger partial charge in [0.25, 0.3) is 5.89 Å². The van der Waals surface area contributed by atoms with Crippen LogP contribution in [0.15, 0.2) is 15.3 Å². The third-order valence-electron chi connectivity index (χ3n) is 2.16. The van der Waals surface area contributed by atoms with E-state index < -0.39 is 0 Å².